The SMILES string of the molecule is COc1ccc(C(O)CCSCC(O)(/C=C/c2ccc(C#N)c(C(F)(F)F)c2)C(F)(F)F)cc1. The van der Waals surface area contributed by atoms with E-state index in [1.807, 2.05) is 0 Å². The second kappa shape index (κ2) is 11.2. The lowest BCUT2D eigenvalue weighted by atomic mass is 10.0. The zero-order valence-corrected chi connectivity index (χ0v) is 18.6. The fraction of sp³-hybridized carbons (Fsp3) is 0.348. The van der Waals surface area contributed by atoms with Gasteiger partial charge in [-0.2, -0.15) is 43.4 Å². The number of halogens is 6. The molecule has 2 rings (SSSR count). The summed E-state index contributed by atoms with van der Waals surface area (Å²) in [5.74, 6) is -0.170. The maximum absolute atomic E-state index is 13.5. The summed E-state index contributed by atoms with van der Waals surface area (Å²) < 4.78 is 84.8. The highest BCUT2D eigenvalue weighted by Crippen LogP contribution is 2.37. The Bertz CT molecular complexity index is 1030. The predicted molar refractivity (Wildman–Crippen MR) is 116 cm³/mol. The number of hydrogen-bond acceptors (Lipinski definition) is 5. The van der Waals surface area contributed by atoms with Crippen molar-refractivity contribution in [1.29, 1.82) is 5.26 Å². The number of aliphatic hydroxyl groups excluding tert-OH is 1. The number of nitriles is 1. The van der Waals surface area contributed by atoms with Gasteiger partial charge >= 0.3 is 12.4 Å². The van der Waals surface area contributed by atoms with Crippen LogP contribution in [-0.4, -0.2) is 40.6 Å². The van der Waals surface area contributed by atoms with Crippen molar-refractivity contribution in [3.63, 3.8) is 0 Å². The quantitative estimate of drug-likeness (QED) is 0.336. The molecule has 2 N–H and O–H groups in total. The van der Waals surface area contributed by atoms with E-state index in [-0.39, 0.29) is 17.7 Å². The van der Waals surface area contributed by atoms with Crippen molar-refractivity contribution < 1.29 is 41.3 Å². The smallest absolute Gasteiger partial charge is 0.421 e. The van der Waals surface area contributed by atoms with E-state index in [0.29, 0.717) is 23.5 Å². The Labute approximate surface area is 196 Å². The van der Waals surface area contributed by atoms with Crippen LogP contribution in [0.5, 0.6) is 5.75 Å². The summed E-state index contributed by atoms with van der Waals surface area (Å²) in [6, 6.07) is 10.3. The molecule has 0 saturated carbocycles. The standard InChI is InChI=1S/C23H21F6NO3S/c1-33-18-6-4-16(5-7-18)20(31)9-11-34-14-21(32,23(27,28)29)10-8-15-2-3-17(13-30)19(12-15)22(24,25)26/h2-8,10,12,20,31-32H,9,11,14H2,1H3/b10-8+. The number of alkyl halides is 6. The van der Waals surface area contributed by atoms with Crippen molar-refractivity contribution in [2.75, 3.05) is 18.6 Å². The molecule has 0 radical (unpaired) electrons. The first-order valence-electron chi connectivity index (χ1n) is 9.80. The second-order valence-electron chi connectivity index (χ2n) is 7.30. The van der Waals surface area contributed by atoms with Gasteiger partial charge in [0.2, 0.25) is 0 Å². The fourth-order valence-electron chi connectivity index (χ4n) is 2.87. The molecule has 2 unspecified atom stereocenters. The molecule has 0 spiro atoms. The Morgan fingerprint density at radius 1 is 1.09 bits per heavy atom. The molecule has 0 aliphatic rings. The molecular formula is C23H21F6NO3S. The molecule has 4 nitrogen and oxygen atoms in total. The highest BCUT2D eigenvalue weighted by Gasteiger charge is 2.51. The Morgan fingerprint density at radius 3 is 2.26 bits per heavy atom. The van der Waals surface area contributed by atoms with Gasteiger partial charge in [0.05, 0.1) is 30.4 Å². The Morgan fingerprint density at radius 2 is 1.74 bits per heavy atom. The summed E-state index contributed by atoms with van der Waals surface area (Å²) in [5, 5.41) is 29.2. The van der Waals surface area contributed by atoms with Gasteiger partial charge in [-0.1, -0.05) is 24.3 Å². The van der Waals surface area contributed by atoms with Gasteiger partial charge in [0.15, 0.2) is 5.60 Å². The molecule has 0 fully saturated rings. The molecule has 0 aliphatic carbocycles. The number of methoxy groups -OCH3 is 1. The van der Waals surface area contributed by atoms with Crippen LogP contribution in [0.4, 0.5) is 26.3 Å². The first kappa shape index (κ1) is 27.6. The van der Waals surface area contributed by atoms with Crippen molar-refractivity contribution in [3.05, 3.63) is 70.8 Å². The zero-order chi connectivity index (χ0) is 25.6. The number of rotatable bonds is 9. The van der Waals surface area contributed by atoms with Crippen LogP contribution < -0.4 is 4.74 Å². The maximum atomic E-state index is 13.5. The minimum Gasteiger partial charge on any atom is -0.497 e. The van der Waals surface area contributed by atoms with Crippen molar-refractivity contribution in [2.45, 2.75) is 30.5 Å². The highest BCUT2D eigenvalue weighted by atomic mass is 32.2. The van der Waals surface area contributed by atoms with E-state index in [1.54, 1.807) is 24.3 Å². The van der Waals surface area contributed by atoms with Crippen LogP contribution in [0.15, 0.2) is 48.5 Å². The number of benzene rings is 2. The predicted octanol–water partition coefficient (Wildman–Crippen LogP) is 5.75. The number of aliphatic hydroxyl groups is 2. The average Bonchev–Trinajstić information content (AvgIpc) is 2.79. The number of hydrogen-bond donors (Lipinski definition) is 2. The Balaban J connectivity index is 2.08. The van der Waals surface area contributed by atoms with E-state index in [4.69, 9.17) is 10.00 Å². The molecule has 0 bridgehead atoms. The van der Waals surface area contributed by atoms with Crippen LogP contribution in [0, 0.1) is 11.3 Å². The maximum Gasteiger partial charge on any atom is 0.421 e. The largest absolute Gasteiger partial charge is 0.497 e. The summed E-state index contributed by atoms with van der Waals surface area (Å²) in [6.07, 6.45) is -9.66. The minimum absolute atomic E-state index is 0.0779. The van der Waals surface area contributed by atoms with E-state index in [2.05, 4.69) is 0 Å². The molecule has 0 aromatic heterocycles. The second-order valence-corrected chi connectivity index (χ2v) is 8.41. The highest BCUT2D eigenvalue weighted by molar-refractivity contribution is 7.99. The molecular weight excluding hydrogens is 484 g/mol. The molecule has 184 valence electrons. The zero-order valence-electron chi connectivity index (χ0n) is 17.8. The summed E-state index contributed by atoms with van der Waals surface area (Å²) in [4.78, 5) is 0. The molecule has 0 aliphatic heterocycles. The third-order valence-electron chi connectivity index (χ3n) is 4.87. The number of ether oxygens (including phenoxy) is 1. The lowest BCUT2D eigenvalue weighted by molar-refractivity contribution is -0.230. The first-order valence-corrected chi connectivity index (χ1v) is 11.0. The Kier molecular flexibility index (Phi) is 9.05. The molecule has 2 aromatic carbocycles. The van der Waals surface area contributed by atoms with Crippen LogP contribution in [0.2, 0.25) is 0 Å². The number of thioether (sulfide) groups is 1. The summed E-state index contributed by atoms with van der Waals surface area (Å²) >= 11 is 0.737. The van der Waals surface area contributed by atoms with E-state index in [0.717, 1.165) is 30.0 Å². The lowest BCUT2D eigenvalue weighted by Gasteiger charge is -2.27. The molecule has 2 atom stereocenters. The number of nitrogens with zero attached hydrogens (tertiary/aromatic N) is 1. The monoisotopic (exact) mass is 505 g/mol. The summed E-state index contributed by atoms with van der Waals surface area (Å²) in [7, 11) is 1.48. The van der Waals surface area contributed by atoms with Gasteiger partial charge in [0, 0.05) is 5.75 Å². The lowest BCUT2D eigenvalue weighted by Crippen LogP contribution is -2.45. The molecule has 34 heavy (non-hydrogen) atoms. The van der Waals surface area contributed by atoms with Crippen molar-refractivity contribution in [2.24, 2.45) is 0 Å². The van der Waals surface area contributed by atoms with E-state index in [1.165, 1.54) is 13.2 Å². The molecule has 0 heterocycles. The Hall–Kier alpha value is -2.68. The van der Waals surface area contributed by atoms with Gasteiger partial charge in [0.1, 0.15) is 5.75 Å². The molecule has 0 amide bonds. The van der Waals surface area contributed by atoms with E-state index in [9.17, 15) is 36.6 Å². The minimum atomic E-state index is -5.09. The summed E-state index contributed by atoms with van der Waals surface area (Å²) in [6.45, 7) is 0. The topological polar surface area (TPSA) is 73.5 Å². The van der Waals surface area contributed by atoms with Gasteiger partial charge in [-0.05, 0) is 53.6 Å². The normalized spacial score (nSPS) is 15.1. The third kappa shape index (κ3) is 7.16. The van der Waals surface area contributed by atoms with E-state index >= 15 is 0 Å². The van der Waals surface area contributed by atoms with Crippen LogP contribution in [-0.2, 0) is 6.18 Å². The third-order valence-corrected chi connectivity index (χ3v) is 6.04. The molecule has 0 saturated heterocycles. The van der Waals surface area contributed by atoms with Crippen LogP contribution in [0.25, 0.3) is 6.08 Å². The van der Waals surface area contributed by atoms with Crippen molar-refractivity contribution in [1.82, 2.24) is 0 Å². The summed E-state index contributed by atoms with van der Waals surface area (Å²) in [5.41, 5.74) is -4.96. The van der Waals surface area contributed by atoms with Crippen molar-refractivity contribution in [3.8, 4) is 11.8 Å². The average molecular weight is 505 g/mol. The first-order chi connectivity index (χ1) is 15.8. The van der Waals surface area contributed by atoms with E-state index < -0.39 is 40.9 Å². The van der Waals surface area contributed by atoms with Gasteiger partial charge in [-0.3, -0.25) is 0 Å². The van der Waals surface area contributed by atoms with Gasteiger partial charge in [0.25, 0.3) is 0 Å². The van der Waals surface area contributed by atoms with Crippen LogP contribution in [0.1, 0.15) is 34.8 Å². The van der Waals surface area contributed by atoms with Gasteiger partial charge in [-0.15, -0.1) is 0 Å². The van der Waals surface area contributed by atoms with Crippen LogP contribution in [0.3, 0.4) is 0 Å². The van der Waals surface area contributed by atoms with Crippen molar-refractivity contribution >= 4 is 17.8 Å². The van der Waals surface area contributed by atoms with Crippen LogP contribution >= 0.6 is 11.8 Å². The molecule has 11 heteroatoms. The molecule has 2 aromatic rings. The van der Waals surface area contributed by atoms with Gasteiger partial charge < -0.3 is 14.9 Å². The fourth-order valence-corrected chi connectivity index (χ4v) is 3.98. The van der Waals surface area contributed by atoms with Gasteiger partial charge in [-0.25, -0.2) is 0 Å².